The molecule has 0 aromatic heterocycles. The molecule has 0 spiro atoms. The van der Waals surface area contributed by atoms with E-state index in [4.69, 9.17) is 10.5 Å². The van der Waals surface area contributed by atoms with Crippen LogP contribution < -0.4 is 15.8 Å². The first-order chi connectivity index (χ1) is 9.82. The molecule has 21 heavy (non-hydrogen) atoms. The van der Waals surface area contributed by atoms with Crippen LogP contribution in [0.15, 0.2) is 41.3 Å². The summed E-state index contributed by atoms with van der Waals surface area (Å²) in [4.78, 5) is 0.124. The molecule has 112 valence electrons. The van der Waals surface area contributed by atoms with Crippen molar-refractivity contribution >= 4 is 26.9 Å². The maximum Gasteiger partial charge on any atom is 0.177 e. The van der Waals surface area contributed by atoms with Crippen LogP contribution in [0.1, 0.15) is 5.56 Å². The number of nitrogens with two attached hydrogens (primary N) is 1. The second-order valence-corrected chi connectivity index (χ2v) is 6.78. The molecular weight excluding hydrogens is 288 g/mol. The predicted molar refractivity (Wildman–Crippen MR) is 85.0 cm³/mol. The van der Waals surface area contributed by atoms with E-state index in [1.165, 1.54) is 6.07 Å². The molecule has 0 radical (unpaired) electrons. The number of hydrogen-bond acceptors (Lipinski definition) is 5. The molecule has 0 atom stereocenters. The Hall–Kier alpha value is -2.21. The molecule has 0 aliphatic rings. The lowest BCUT2D eigenvalue weighted by Gasteiger charge is -2.14. The fraction of sp³-hybridized carbons (Fsp3) is 0.200. The molecule has 0 unspecified atom stereocenters. The molecule has 0 aliphatic carbocycles. The van der Waals surface area contributed by atoms with E-state index in [1.807, 2.05) is 25.1 Å². The monoisotopic (exact) mass is 306 g/mol. The molecule has 3 N–H and O–H groups in total. The van der Waals surface area contributed by atoms with Crippen LogP contribution in [0.25, 0.3) is 0 Å². The molecule has 0 fully saturated rings. The first kappa shape index (κ1) is 15.2. The van der Waals surface area contributed by atoms with Gasteiger partial charge < -0.3 is 15.8 Å². The van der Waals surface area contributed by atoms with Crippen LogP contribution in [0.4, 0.5) is 17.1 Å². The van der Waals surface area contributed by atoms with E-state index in [0.29, 0.717) is 5.69 Å². The number of sulfone groups is 1. The van der Waals surface area contributed by atoms with Crippen molar-refractivity contribution in [3.8, 4) is 5.75 Å². The topological polar surface area (TPSA) is 81.4 Å². The fourth-order valence-corrected chi connectivity index (χ4v) is 2.86. The van der Waals surface area contributed by atoms with E-state index in [9.17, 15) is 8.42 Å². The molecular formula is C15H18N2O3S. The van der Waals surface area contributed by atoms with Crippen LogP contribution in [0.5, 0.6) is 5.75 Å². The zero-order valence-electron chi connectivity index (χ0n) is 12.2. The molecule has 0 saturated carbocycles. The Balaban J connectivity index is 2.41. The summed E-state index contributed by atoms with van der Waals surface area (Å²) in [5.41, 5.74) is 8.55. The highest BCUT2D eigenvalue weighted by atomic mass is 32.2. The minimum Gasteiger partial charge on any atom is -0.497 e. The fourth-order valence-electron chi connectivity index (χ4n) is 2.02. The molecule has 0 bridgehead atoms. The normalized spacial score (nSPS) is 11.2. The van der Waals surface area contributed by atoms with Gasteiger partial charge in [-0.2, -0.15) is 0 Å². The van der Waals surface area contributed by atoms with Gasteiger partial charge in [0.15, 0.2) is 9.84 Å². The first-order valence-corrected chi connectivity index (χ1v) is 8.22. The quantitative estimate of drug-likeness (QED) is 0.849. The Morgan fingerprint density at radius 1 is 1.14 bits per heavy atom. The van der Waals surface area contributed by atoms with Gasteiger partial charge in [-0.05, 0) is 42.8 Å². The molecule has 6 heteroatoms. The zero-order valence-corrected chi connectivity index (χ0v) is 13.0. The van der Waals surface area contributed by atoms with Crippen molar-refractivity contribution in [2.75, 3.05) is 24.4 Å². The van der Waals surface area contributed by atoms with Crippen molar-refractivity contribution in [3.63, 3.8) is 0 Å². The minimum atomic E-state index is -3.35. The van der Waals surface area contributed by atoms with Gasteiger partial charge in [0.25, 0.3) is 0 Å². The Bertz CT molecular complexity index is 770. The third kappa shape index (κ3) is 3.28. The zero-order chi connectivity index (χ0) is 15.6. The van der Waals surface area contributed by atoms with E-state index in [2.05, 4.69) is 5.32 Å². The first-order valence-electron chi connectivity index (χ1n) is 6.33. The Morgan fingerprint density at radius 2 is 1.86 bits per heavy atom. The van der Waals surface area contributed by atoms with Crippen molar-refractivity contribution in [3.05, 3.63) is 42.0 Å². The average Bonchev–Trinajstić information content (AvgIpc) is 2.41. The highest BCUT2D eigenvalue weighted by Gasteiger charge is 2.14. The van der Waals surface area contributed by atoms with E-state index in [1.54, 1.807) is 19.2 Å². The van der Waals surface area contributed by atoms with Gasteiger partial charge in [-0.15, -0.1) is 0 Å². The number of rotatable bonds is 4. The number of nitrogens with one attached hydrogen (secondary N) is 1. The van der Waals surface area contributed by atoms with Crippen molar-refractivity contribution in [2.24, 2.45) is 0 Å². The van der Waals surface area contributed by atoms with Crippen LogP contribution in [0.2, 0.25) is 0 Å². The highest BCUT2D eigenvalue weighted by Crippen LogP contribution is 2.31. The van der Waals surface area contributed by atoms with E-state index < -0.39 is 9.84 Å². The van der Waals surface area contributed by atoms with Gasteiger partial charge in [-0.1, -0.05) is 6.07 Å². The summed E-state index contributed by atoms with van der Waals surface area (Å²) in [5, 5.41) is 3.16. The van der Waals surface area contributed by atoms with Crippen LogP contribution >= 0.6 is 0 Å². The highest BCUT2D eigenvalue weighted by molar-refractivity contribution is 7.90. The van der Waals surface area contributed by atoms with Gasteiger partial charge in [0.05, 0.1) is 23.4 Å². The van der Waals surface area contributed by atoms with Gasteiger partial charge in [0, 0.05) is 11.9 Å². The summed E-state index contributed by atoms with van der Waals surface area (Å²) in [6.45, 7) is 1.93. The lowest BCUT2D eigenvalue weighted by molar-refractivity contribution is 0.414. The lowest BCUT2D eigenvalue weighted by Crippen LogP contribution is -2.05. The Kier molecular flexibility index (Phi) is 4.09. The number of anilines is 3. The summed E-state index contributed by atoms with van der Waals surface area (Å²) in [7, 11) is -1.75. The molecule has 0 saturated heterocycles. The summed E-state index contributed by atoms with van der Waals surface area (Å²) in [5.74, 6) is 0.760. The van der Waals surface area contributed by atoms with Crippen LogP contribution in [-0.2, 0) is 9.84 Å². The molecule has 0 amide bonds. The summed E-state index contributed by atoms with van der Waals surface area (Å²) < 4.78 is 28.5. The van der Waals surface area contributed by atoms with Crippen molar-refractivity contribution in [2.45, 2.75) is 11.8 Å². The van der Waals surface area contributed by atoms with Crippen molar-refractivity contribution in [1.82, 2.24) is 0 Å². The largest absolute Gasteiger partial charge is 0.497 e. The smallest absolute Gasteiger partial charge is 0.177 e. The number of benzene rings is 2. The van der Waals surface area contributed by atoms with Gasteiger partial charge in [0.2, 0.25) is 0 Å². The van der Waals surface area contributed by atoms with Crippen LogP contribution in [0.3, 0.4) is 0 Å². The molecule has 2 aromatic carbocycles. The Labute approximate surface area is 124 Å². The summed E-state index contributed by atoms with van der Waals surface area (Å²) in [6, 6.07) is 10.5. The molecule has 0 aliphatic heterocycles. The predicted octanol–water partition coefficient (Wildman–Crippen LogP) is 2.73. The Morgan fingerprint density at radius 3 is 2.43 bits per heavy atom. The van der Waals surface area contributed by atoms with Crippen molar-refractivity contribution in [1.29, 1.82) is 0 Å². The molecule has 5 nitrogen and oxygen atoms in total. The van der Waals surface area contributed by atoms with Crippen LogP contribution in [0, 0.1) is 6.92 Å². The second kappa shape index (κ2) is 5.65. The molecule has 2 rings (SSSR count). The minimum absolute atomic E-state index is 0.124. The van der Waals surface area contributed by atoms with E-state index in [0.717, 1.165) is 23.3 Å². The van der Waals surface area contributed by atoms with Gasteiger partial charge in [-0.25, -0.2) is 8.42 Å². The number of para-hydroxylation sites is 1. The third-order valence-electron chi connectivity index (χ3n) is 3.17. The maximum atomic E-state index is 11.7. The number of nitrogen functional groups attached to an aromatic ring is 1. The molecule has 2 aromatic rings. The third-order valence-corrected chi connectivity index (χ3v) is 4.32. The van der Waals surface area contributed by atoms with Gasteiger partial charge in [0.1, 0.15) is 5.75 Å². The summed E-state index contributed by atoms with van der Waals surface area (Å²) in [6.07, 6.45) is 1.14. The number of methoxy groups -OCH3 is 1. The van der Waals surface area contributed by atoms with Crippen molar-refractivity contribution < 1.29 is 13.2 Å². The standard InChI is InChI=1S/C15H18N2O3S/c1-10-9-11(20-2)7-8-12(10)17-13-5-4-6-14(15(13)16)21(3,18)19/h4-9,17H,16H2,1-3H3. The van der Waals surface area contributed by atoms with E-state index >= 15 is 0 Å². The van der Waals surface area contributed by atoms with Gasteiger partial charge >= 0.3 is 0 Å². The SMILES string of the molecule is COc1ccc(Nc2cccc(S(C)(=O)=O)c2N)c(C)c1. The average molecular weight is 306 g/mol. The number of hydrogen-bond donors (Lipinski definition) is 2. The van der Waals surface area contributed by atoms with Gasteiger partial charge in [-0.3, -0.25) is 0 Å². The number of ether oxygens (including phenoxy) is 1. The van der Waals surface area contributed by atoms with Crippen LogP contribution in [-0.4, -0.2) is 21.8 Å². The number of aryl methyl sites for hydroxylation is 1. The lowest BCUT2D eigenvalue weighted by atomic mass is 10.1. The maximum absolute atomic E-state index is 11.7. The molecule has 0 heterocycles. The van der Waals surface area contributed by atoms with E-state index in [-0.39, 0.29) is 10.6 Å². The second-order valence-electron chi connectivity index (χ2n) is 4.80. The summed E-state index contributed by atoms with van der Waals surface area (Å²) >= 11 is 0.